The van der Waals surface area contributed by atoms with Gasteiger partial charge in [0.2, 0.25) is 5.88 Å². The second kappa shape index (κ2) is 12.3. The van der Waals surface area contributed by atoms with Gasteiger partial charge in [-0.05, 0) is 49.2 Å². The third-order valence-electron chi connectivity index (χ3n) is 5.14. The zero-order valence-electron chi connectivity index (χ0n) is 19.9. The van der Waals surface area contributed by atoms with E-state index >= 15 is 0 Å². The van der Waals surface area contributed by atoms with E-state index < -0.39 is 6.10 Å². The van der Waals surface area contributed by atoms with Crippen molar-refractivity contribution in [3.05, 3.63) is 71.7 Å². The summed E-state index contributed by atoms with van der Waals surface area (Å²) in [6, 6.07) is 15.6. The van der Waals surface area contributed by atoms with Crippen molar-refractivity contribution in [2.24, 2.45) is 5.92 Å². The van der Waals surface area contributed by atoms with Crippen LogP contribution in [-0.2, 0) is 11.3 Å². The molecule has 1 N–H and O–H groups in total. The number of terminal acetylenes is 1. The summed E-state index contributed by atoms with van der Waals surface area (Å²) in [4.78, 5) is 2.16. The fourth-order valence-corrected chi connectivity index (χ4v) is 3.73. The van der Waals surface area contributed by atoms with Crippen LogP contribution in [0.15, 0.2) is 54.6 Å². The van der Waals surface area contributed by atoms with Gasteiger partial charge in [-0.2, -0.15) is 5.10 Å². The molecule has 3 rings (SSSR count). The van der Waals surface area contributed by atoms with Gasteiger partial charge in [-0.25, -0.2) is 9.07 Å². The Hall–Kier alpha value is -3.18. The number of rotatable bonds is 12. The standard InChI is InChI=1S/C27H32FN3O3/c1-5-15-33-19-24(32)17-30(16-20(2)3)18-26-21(4)29-31(23-9-7-6-8-10-23)27(26)34-25-13-11-22(28)12-14-25/h1,6-14,20,24,32H,15-19H2,2-4H3/t24-/m0/s1. The maximum atomic E-state index is 13.5. The lowest BCUT2D eigenvalue weighted by atomic mass is 10.1. The lowest BCUT2D eigenvalue weighted by molar-refractivity contribution is 0.0236. The minimum absolute atomic E-state index is 0.167. The van der Waals surface area contributed by atoms with E-state index in [-0.39, 0.29) is 19.0 Å². The molecule has 180 valence electrons. The summed E-state index contributed by atoms with van der Waals surface area (Å²) in [5, 5.41) is 15.2. The molecule has 7 heteroatoms. The van der Waals surface area contributed by atoms with Crippen molar-refractivity contribution in [1.82, 2.24) is 14.7 Å². The molecular formula is C27H32FN3O3. The van der Waals surface area contributed by atoms with Gasteiger partial charge in [0.05, 0.1) is 29.7 Å². The molecule has 0 aliphatic carbocycles. The Kier molecular flexibility index (Phi) is 9.23. The van der Waals surface area contributed by atoms with Crippen LogP contribution < -0.4 is 4.74 Å². The molecule has 6 nitrogen and oxygen atoms in total. The largest absolute Gasteiger partial charge is 0.439 e. The second-order valence-corrected chi connectivity index (χ2v) is 8.63. The van der Waals surface area contributed by atoms with Gasteiger partial charge in [-0.3, -0.25) is 4.90 Å². The van der Waals surface area contributed by atoms with Crippen molar-refractivity contribution in [3.63, 3.8) is 0 Å². The van der Waals surface area contributed by atoms with Crippen LogP contribution in [0.5, 0.6) is 11.6 Å². The second-order valence-electron chi connectivity index (χ2n) is 8.63. The Morgan fingerprint density at radius 2 is 1.82 bits per heavy atom. The van der Waals surface area contributed by atoms with Crippen LogP contribution in [0.1, 0.15) is 25.1 Å². The Morgan fingerprint density at radius 3 is 2.47 bits per heavy atom. The Labute approximate surface area is 200 Å². The van der Waals surface area contributed by atoms with Gasteiger partial charge in [0.1, 0.15) is 18.2 Å². The number of para-hydroxylation sites is 1. The van der Waals surface area contributed by atoms with Gasteiger partial charge >= 0.3 is 0 Å². The summed E-state index contributed by atoms with van der Waals surface area (Å²) in [7, 11) is 0. The number of aliphatic hydroxyl groups excluding tert-OH is 1. The first kappa shape index (κ1) is 25.4. The highest BCUT2D eigenvalue weighted by Gasteiger charge is 2.23. The SMILES string of the molecule is C#CCOC[C@@H](O)CN(Cc1c(C)nn(-c2ccccc2)c1Oc1ccc(F)cc1)CC(C)C. The van der Waals surface area contributed by atoms with E-state index in [9.17, 15) is 9.50 Å². The van der Waals surface area contributed by atoms with E-state index in [0.717, 1.165) is 23.5 Å². The molecule has 0 amide bonds. The van der Waals surface area contributed by atoms with Gasteiger partial charge < -0.3 is 14.6 Å². The minimum Gasteiger partial charge on any atom is -0.439 e. The summed E-state index contributed by atoms with van der Waals surface area (Å²) in [6.07, 6.45) is 4.55. The van der Waals surface area contributed by atoms with Crippen LogP contribution in [0.3, 0.4) is 0 Å². The maximum absolute atomic E-state index is 13.5. The number of hydrogen-bond acceptors (Lipinski definition) is 5. The Bertz CT molecular complexity index is 1070. The van der Waals surface area contributed by atoms with Crippen molar-refractivity contribution < 1.29 is 19.0 Å². The first-order valence-corrected chi connectivity index (χ1v) is 11.4. The van der Waals surface area contributed by atoms with Crippen LogP contribution in [0, 0.1) is 31.0 Å². The highest BCUT2D eigenvalue weighted by atomic mass is 19.1. The van der Waals surface area contributed by atoms with Crippen LogP contribution in [0.25, 0.3) is 5.69 Å². The first-order chi connectivity index (χ1) is 16.4. The van der Waals surface area contributed by atoms with Crippen molar-refractivity contribution in [2.45, 2.75) is 33.4 Å². The van der Waals surface area contributed by atoms with Crippen LogP contribution in [0.4, 0.5) is 4.39 Å². The molecule has 34 heavy (non-hydrogen) atoms. The molecule has 3 aromatic rings. The number of aliphatic hydroxyl groups is 1. The van der Waals surface area contributed by atoms with Crippen molar-refractivity contribution in [1.29, 1.82) is 0 Å². The van der Waals surface area contributed by atoms with E-state index in [1.165, 1.54) is 12.1 Å². The molecule has 0 unspecified atom stereocenters. The highest BCUT2D eigenvalue weighted by molar-refractivity contribution is 5.43. The van der Waals surface area contributed by atoms with Crippen LogP contribution in [0.2, 0.25) is 0 Å². The average molecular weight is 466 g/mol. The lowest BCUT2D eigenvalue weighted by Gasteiger charge is -2.27. The molecular weight excluding hydrogens is 433 g/mol. The predicted octanol–water partition coefficient (Wildman–Crippen LogP) is 4.58. The normalized spacial score (nSPS) is 12.2. The van der Waals surface area contributed by atoms with E-state index in [0.29, 0.717) is 30.6 Å². The molecule has 1 aromatic heterocycles. The van der Waals surface area contributed by atoms with E-state index in [1.54, 1.807) is 16.8 Å². The summed E-state index contributed by atoms with van der Waals surface area (Å²) in [5.41, 5.74) is 2.56. The van der Waals surface area contributed by atoms with Crippen molar-refractivity contribution >= 4 is 0 Å². The minimum atomic E-state index is -0.682. The lowest BCUT2D eigenvalue weighted by Crippen LogP contribution is -2.37. The molecule has 0 saturated heterocycles. The fourth-order valence-electron chi connectivity index (χ4n) is 3.73. The number of aromatic nitrogens is 2. The molecule has 0 saturated carbocycles. The number of nitrogens with zero attached hydrogens (tertiary/aromatic N) is 3. The third kappa shape index (κ3) is 7.16. The van der Waals surface area contributed by atoms with Crippen molar-refractivity contribution in [3.8, 4) is 29.7 Å². The highest BCUT2D eigenvalue weighted by Crippen LogP contribution is 2.32. The molecule has 1 heterocycles. The Balaban J connectivity index is 1.93. The molecule has 0 spiro atoms. The molecule has 0 aliphatic heterocycles. The van der Waals surface area contributed by atoms with E-state index in [1.807, 2.05) is 37.3 Å². The average Bonchev–Trinajstić information content (AvgIpc) is 3.10. The van der Waals surface area contributed by atoms with Gasteiger partial charge in [0, 0.05) is 19.6 Å². The van der Waals surface area contributed by atoms with Crippen molar-refractivity contribution in [2.75, 3.05) is 26.3 Å². The molecule has 2 aromatic carbocycles. The van der Waals surface area contributed by atoms with Gasteiger partial charge in [0.15, 0.2) is 0 Å². The van der Waals surface area contributed by atoms with Gasteiger partial charge in [-0.1, -0.05) is 38.0 Å². The summed E-state index contributed by atoms with van der Waals surface area (Å²) in [6.45, 7) is 8.22. The van der Waals surface area contributed by atoms with Gasteiger partial charge in [0.25, 0.3) is 0 Å². The smallest absolute Gasteiger partial charge is 0.227 e. The monoisotopic (exact) mass is 465 g/mol. The number of halogens is 1. The number of benzene rings is 2. The maximum Gasteiger partial charge on any atom is 0.227 e. The predicted molar refractivity (Wildman–Crippen MR) is 131 cm³/mol. The zero-order chi connectivity index (χ0) is 24.5. The summed E-state index contributed by atoms with van der Waals surface area (Å²) >= 11 is 0. The Morgan fingerprint density at radius 1 is 1.12 bits per heavy atom. The fraction of sp³-hybridized carbons (Fsp3) is 0.370. The van der Waals surface area contributed by atoms with Crippen LogP contribution in [-0.4, -0.2) is 52.2 Å². The zero-order valence-corrected chi connectivity index (χ0v) is 19.9. The molecule has 0 radical (unpaired) electrons. The summed E-state index contributed by atoms with van der Waals surface area (Å²) in [5.74, 6) is 3.53. The van der Waals surface area contributed by atoms with E-state index in [2.05, 4.69) is 24.7 Å². The number of ether oxygens (including phenoxy) is 2. The molecule has 0 bridgehead atoms. The van der Waals surface area contributed by atoms with E-state index in [4.69, 9.17) is 21.0 Å². The molecule has 1 atom stereocenters. The first-order valence-electron chi connectivity index (χ1n) is 11.4. The molecule has 0 aliphatic rings. The van der Waals surface area contributed by atoms with Crippen LogP contribution >= 0.6 is 0 Å². The number of aryl methyl sites for hydroxylation is 1. The third-order valence-corrected chi connectivity index (χ3v) is 5.14. The topological polar surface area (TPSA) is 59.8 Å². The van der Waals surface area contributed by atoms with Gasteiger partial charge in [-0.15, -0.1) is 6.42 Å². The summed E-state index contributed by atoms with van der Waals surface area (Å²) < 4.78 is 26.8. The number of hydrogen-bond donors (Lipinski definition) is 1. The molecule has 0 fully saturated rings. The quantitative estimate of drug-likeness (QED) is 0.313.